The summed E-state index contributed by atoms with van der Waals surface area (Å²) in [4.78, 5) is 23.7. The molecule has 2 aromatic carbocycles. The molecule has 0 heterocycles. The number of rotatable bonds is 3. The highest BCUT2D eigenvalue weighted by Crippen LogP contribution is 2.20. The molecule has 0 radical (unpaired) electrons. The van der Waals surface area contributed by atoms with Crippen LogP contribution in [0.5, 0.6) is 5.75 Å². The van der Waals surface area contributed by atoms with Gasteiger partial charge in [0.1, 0.15) is 5.75 Å². The molecule has 2 aromatic rings. The first-order valence-electron chi connectivity index (χ1n) is 6.46. The molecule has 2 rings (SSSR count). The number of ether oxygens (including phenoxy) is 1. The highest BCUT2D eigenvalue weighted by molar-refractivity contribution is 6.35. The zero-order valence-corrected chi connectivity index (χ0v) is 13.5. The first-order valence-corrected chi connectivity index (χ1v) is 7.21. The maximum absolute atomic E-state index is 11.9. The predicted molar refractivity (Wildman–Crippen MR) is 89.1 cm³/mol. The highest BCUT2D eigenvalue weighted by Gasteiger charge is 2.12. The van der Waals surface area contributed by atoms with Gasteiger partial charge in [-0.05, 0) is 42.5 Å². The zero-order valence-electron chi connectivity index (χ0n) is 12.0. The zero-order chi connectivity index (χ0) is 16.8. The van der Waals surface area contributed by atoms with E-state index in [0.717, 1.165) is 0 Å². The highest BCUT2D eigenvalue weighted by atomic mass is 35.5. The molecule has 3 amide bonds. The quantitative estimate of drug-likeness (QED) is 0.739. The van der Waals surface area contributed by atoms with Crippen LogP contribution in [0.2, 0.25) is 10.0 Å². The number of nitrogens with one attached hydrogen (secondary N) is 3. The van der Waals surface area contributed by atoms with Gasteiger partial charge in [-0.2, -0.15) is 0 Å². The van der Waals surface area contributed by atoms with Crippen molar-refractivity contribution in [2.45, 2.75) is 0 Å². The van der Waals surface area contributed by atoms with Crippen molar-refractivity contribution >= 4 is 40.8 Å². The van der Waals surface area contributed by atoms with Crippen molar-refractivity contribution in [1.82, 2.24) is 10.9 Å². The summed E-state index contributed by atoms with van der Waals surface area (Å²) in [5.74, 6) is 0.0854. The Labute approximate surface area is 142 Å². The molecular weight excluding hydrogens is 341 g/mol. The first kappa shape index (κ1) is 16.9. The third kappa shape index (κ3) is 4.77. The van der Waals surface area contributed by atoms with E-state index in [4.69, 9.17) is 27.9 Å². The number of hydrogen-bond donors (Lipinski definition) is 3. The first-order chi connectivity index (χ1) is 11.0. The van der Waals surface area contributed by atoms with Gasteiger partial charge in [0.2, 0.25) is 0 Å². The van der Waals surface area contributed by atoms with Crippen LogP contribution in [0.4, 0.5) is 10.5 Å². The molecule has 0 aliphatic heterocycles. The Morgan fingerprint density at radius 2 is 1.70 bits per heavy atom. The van der Waals surface area contributed by atoms with Crippen LogP contribution in [0.1, 0.15) is 10.4 Å². The molecule has 8 heteroatoms. The fourth-order valence-electron chi connectivity index (χ4n) is 1.69. The van der Waals surface area contributed by atoms with Crippen LogP contribution in [-0.4, -0.2) is 19.0 Å². The number of amides is 3. The van der Waals surface area contributed by atoms with Crippen molar-refractivity contribution in [3.8, 4) is 5.75 Å². The predicted octanol–water partition coefficient (Wildman–Crippen LogP) is 3.47. The summed E-state index contributed by atoms with van der Waals surface area (Å²) in [5.41, 5.74) is 5.16. The number of hydrogen-bond acceptors (Lipinski definition) is 3. The summed E-state index contributed by atoms with van der Waals surface area (Å²) < 4.78 is 5.01. The summed E-state index contributed by atoms with van der Waals surface area (Å²) in [6.45, 7) is 0. The molecule has 23 heavy (non-hydrogen) atoms. The normalized spacial score (nSPS) is 9.87. The van der Waals surface area contributed by atoms with Crippen molar-refractivity contribution in [1.29, 1.82) is 0 Å². The fourth-order valence-corrected chi connectivity index (χ4v) is 2.06. The van der Waals surface area contributed by atoms with E-state index < -0.39 is 11.9 Å². The molecule has 0 atom stereocenters. The lowest BCUT2D eigenvalue weighted by Gasteiger charge is -2.10. The average Bonchev–Trinajstić information content (AvgIpc) is 2.55. The van der Waals surface area contributed by atoms with Gasteiger partial charge in [-0.3, -0.25) is 10.2 Å². The van der Waals surface area contributed by atoms with Crippen molar-refractivity contribution in [2.75, 3.05) is 12.4 Å². The van der Waals surface area contributed by atoms with E-state index in [-0.39, 0.29) is 10.6 Å². The molecule has 0 unspecified atom stereocenters. The number of benzene rings is 2. The number of hydrazine groups is 1. The molecular formula is C15H13Cl2N3O3. The lowest BCUT2D eigenvalue weighted by Crippen LogP contribution is -2.44. The average molecular weight is 354 g/mol. The van der Waals surface area contributed by atoms with E-state index in [1.54, 1.807) is 37.4 Å². The molecule has 0 aromatic heterocycles. The van der Waals surface area contributed by atoms with Gasteiger partial charge >= 0.3 is 6.03 Å². The van der Waals surface area contributed by atoms with Gasteiger partial charge in [-0.1, -0.05) is 23.2 Å². The minimum absolute atomic E-state index is 0.156. The monoisotopic (exact) mass is 353 g/mol. The van der Waals surface area contributed by atoms with E-state index in [9.17, 15) is 9.59 Å². The summed E-state index contributed by atoms with van der Waals surface area (Å²) in [5, 5.41) is 3.14. The fraction of sp³-hybridized carbons (Fsp3) is 0.0667. The van der Waals surface area contributed by atoms with E-state index in [1.165, 1.54) is 12.1 Å². The second-order valence-electron chi connectivity index (χ2n) is 4.39. The summed E-state index contributed by atoms with van der Waals surface area (Å²) in [7, 11) is 1.55. The van der Waals surface area contributed by atoms with Crippen LogP contribution in [0.15, 0.2) is 42.5 Å². The van der Waals surface area contributed by atoms with Crippen molar-refractivity contribution in [3.63, 3.8) is 0 Å². The summed E-state index contributed by atoms with van der Waals surface area (Å²) in [6, 6.07) is 10.6. The molecule has 0 saturated carbocycles. The smallest absolute Gasteiger partial charge is 0.337 e. The van der Waals surface area contributed by atoms with Gasteiger partial charge in [-0.25, -0.2) is 10.2 Å². The number of methoxy groups -OCH3 is 1. The molecule has 0 fully saturated rings. The maximum atomic E-state index is 11.9. The van der Waals surface area contributed by atoms with Crippen molar-refractivity contribution in [2.24, 2.45) is 0 Å². The van der Waals surface area contributed by atoms with Crippen LogP contribution in [0.3, 0.4) is 0 Å². The Morgan fingerprint density at radius 3 is 2.35 bits per heavy atom. The number of anilines is 1. The topological polar surface area (TPSA) is 79.5 Å². The third-order valence-corrected chi connectivity index (χ3v) is 3.38. The largest absolute Gasteiger partial charge is 0.497 e. The van der Waals surface area contributed by atoms with Gasteiger partial charge in [0.05, 0.1) is 17.7 Å². The lowest BCUT2D eigenvalue weighted by atomic mass is 10.2. The third-order valence-electron chi connectivity index (χ3n) is 2.81. The Bertz CT molecular complexity index is 720. The summed E-state index contributed by atoms with van der Waals surface area (Å²) in [6.07, 6.45) is 0. The van der Waals surface area contributed by atoms with Crippen LogP contribution < -0.4 is 20.9 Å². The van der Waals surface area contributed by atoms with Gasteiger partial charge in [0, 0.05) is 10.7 Å². The second kappa shape index (κ2) is 7.71. The molecule has 0 saturated heterocycles. The van der Waals surface area contributed by atoms with Gasteiger partial charge in [0.25, 0.3) is 5.91 Å². The molecule has 0 aliphatic rings. The van der Waals surface area contributed by atoms with Crippen LogP contribution in [0.25, 0.3) is 0 Å². The Hall–Kier alpha value is -2.44. The maximum Gasteiger partial charge on any atom is 0.337 e. The SMILES string of the molecule is COc1ccc(NC(=O)NNC(=O)c2cc(Cl)ccc2Cl)cc1. The van der Waals surface area contributed by atoms with E-state index in [1.807, 2.05) is 0 Å². The van der Waals surface area contributed by atoms with E-state index in [2.05, 4.69) is 16.2 Å². The second-order valence-corrected chi connectivity index (χ2v) is 5.23. The standard InChI is InChI=1S/C15H13Cl2N3O3/c1-23-11-5-3-10(4-6-11)18-15(22)20-19-14(21)12-8-9(16)2-7-13(12)17/h2-8H,1H3,(H,19,21)(H2,18,20,22). The molecule has 3 N–H and O–H groups in total. The van der Waals surface area contributed by atoms with E-state index in [0.29, 0.717) is 16.5 Å². The van der Waals surface area contributed by atoms with E-state index >= 15 is 0 Å². The Balaban J connectivity index is 1.90. The molecule has 120 valence electrons. The van der Waals surface area contributed by atoms with Gasteiger partial charge in [-0.15, -0.1) is 0 Å². The van der Waals surface area contributed by atoms with Gasteiger partial charge in [0.15, 0.2) is 0 Å². The van der Waals surface area contributed by atoms with Crippen molar-refractivity contribution in [3.05, 3.63) is 58.1 Å². The van der Waals surface area contributed by atoms with Crippen LogP contribution >= 0.6 is 23.2 Å². The minimum atomic E-state index is -0.610. The number of carbonyl (C=O) groups is 2. The lowest BCUT2D eigenvalue weighted by molar-refractivity contribution is 0.0938. The number of halogens is 2. The molecule has 0 bridgehead atoms. The molecule has 0 aliphatic carbocycles. The van der Waals surface area contributed by atoms with Crippen molar-refractivity contribution < 1.29 is 14.3 Å². The summed E-state index contributed by atoms with van der Waals surface area (Å²) >= 11 is 11.7. The molecule has 6 nitrogen and oxygen atoms in total. The Kier molecular flexibility index (Phi) is 5.67. The van der Waals surface area contributed by atoms with Crippen LogP contribution in [0, 0.1) is 0 Å². The Morgan fingerprint density at radius 1 is 1.00 bits per heavy atom. The number of urea groups is 1. The number of carbonyl (C=O) groups excluding carboxylic acids is 2. The van der Waals surface area contributed by atoms with Gasteiger partial charge < -0.3 is 10.1 Å². The van der Waals surface area contributed by atoms with Crippen LogP contribution in [-0.2, 0) is 0 Å². The minimum Gasteiger partial charge on any atom is -0.497 e. The molecule has 0 spiro atoms.